The Hall–Kier alpha value is -3.19. The standard InChI is InChI=1S/C22H26N6O/c1-3-20-19(16-24-28(20)18-7-5-4-6-8-18)22(29)25-17-9-10-21(23-15-17)27-13-11-26(2)12-14-27/h4-10,15-16H,3,11-14H2,1-2H3,(H,25,29). The summed E-state index contributed by atoms with van der Waals surface area (Å²) in [5.74, 6) is 0.778. The quantitative estimate of drug-likeness (QED) is 0.726. The molecule has 7 heteroatoms. The second kappa shape index (κ2) is 8.45. The summed E-state index contributed by atoms with van der Waals surface area (Å²) < 4.78 is 1.82. The van der Waals surface area contributed by atoms with E-state index in [2.05, 4.69) is 32.2 Å². The zero-order valence-electron chi connectivity index (χ0n) is 16.9. The molecule has 0 atom stereocenters. The molecular weight excluding hydrogens is 364 g/mol. The minimum Gasteiger partial charge on any atom is -0.354 e. The molecule has 3 aromatic rings. The topological polar surface area (TPSA) is 66.3 Å². The molecular formula is C22H26N6O. The van der Waals surface area contributed by atoms with E-state index >= 15 is 0 Å². The van der Waals surface area contributed by atoms with Crippen LogP contribution in [-0.2, 0) is 6.42 Å². The fraction of sp³-hybridized carbons (Fsp3) is 0.318. The van der Waals surface area contributed by atoms with E-state index in [4.69, 9.17) is 0 Å². The number of nitrogens with one attached hydrogen (secondary N) is 1. The minimum absolute atomic E-state index is 0.168. The van der Waals surface area contributed by atoms with E-state index < -0.39 is 0 Å². The summed E-state index contributed by atoms with van der Waals surface area (Å²) >= 11 is 0. The predicted molar refractivity (Wildman–Crippen MR) is 115 cm³/mol. The van der Waals surface area contributed by atoms with Crippen molar-refractivity contribution in [3.8, 4) is 5.69 Å². The van der Waals surface area contributed by atoms with Crippen molar-refractivity contribution in [3.63, 3.8) is 0 Å². The number of hydrogen-bond acceptors (Lipinski definition) is 5. The smallest absolute Gasteiger partial charge is 0.259 e. The van der Waals surface area contributed by atoms with Crippen molar-refractivity contribution in [2.45, 2.75) is 13.3 Å². The van der Waals surface area contributed by atoms with Gasteiger partial charge in [-0.2, -0.15) is 5.10 Å². The summed E-state index contributed by atoms with van der Waals surface area (Å²) in [6.07, 6.45) is 4.06. The molecule has 1 N–H and O–H groups in total. The average molecular weight is 390 g/mol. The highest BCUT2D eigenvalue weighted by Gasteiger charge is 2.18. The molecule has 0 spiro atoms. The van der Waals surface area contributed by atoms with Crippen LogP contribution in [0.3, 0.4) is 0 Å². The second-order valence-corrected chi connectivity index (χ2v) is 7.26. The van der Waals surface area contributed by atoms with Crippen LogP contribution in [0, 0.1) is 0 Å². The van der Waals surface area contributed by atoms with Gasteiger partial charge >= 0.3 is 0 Å². The van der Waals surface area contributed by atoms with Crippen molar-refractivity contribution < 1.29 is 4.79 Å². The van der Waals surface area contributed by atoms with Crippen LogP contribution in [0.15, 0.2) is 54.9 Å². The first-order chi connectivity index (χ1) is 14.2. The first-order valence-electron chi connectivity index (χ1n) is 9.99. The molecule has 0 unspecified atom stereocenters. The molecule has 2 aromatic heterocycles. The van der Waals surface area contributed by atoms with E-state index in [1.165, 1.54) is 0 Å². The number of rotatable bonds is 5. The van der Waals surface area contributed by atoms with Crippen molar-refractivity contribution >= 4 is 17.4 Å². The molecule has 29 heavy (non-hydrogen) atoms. The fourth-order valence-corrected chi connectivity index (χ4v) is 3.58. The lowest BCUT2D eigenvalue weighted by Gasteiger charge is -2.33. The third kappa shape index (κ3) is 4.14. The highest BCUT2D eigenvalue weighted by molar-refractivity contribution is 6.05. The molecule has 1 amide bonds. The zero-order valence-corrected chi connectivity index (χ0v) is 16.9. The van der Waals surface area contributed by atoms with Crippen LogP contribution in [0.1, 0.15) is 23.0 Å². The number of pyridine rings is 1. The largest absolute Gasteiger partial charge is 0.354 e. The van der Waals surface area contributed by atoms with Crippen molar-refractivity contribution in [2.75, 3.05) is 43.4 Å². The second-order valence-electron chi connectivity index (χ2n) is 7.26. The fourth-order valence-electron chi connectivity index (χ4n) is 3.58. The average Bonchev–Trinajstić information content (AvgIpc) is 3.20. The molecule has 1 aliphatic rings. The third-order valence-electron chi connectivity index (χ3n) is 5.28. The minimum atomic E-state index is -0.168. The molecule has 0 radical (unpaired) electrons. The Bertz CT molecular complexity index is 959. The first-order valence-corrected chi connectivity index (χ1v) is 9.99. The Morgan fingerprint density at radius 2 is 1.79 bits per heavy atom. The van der Waals surface area contributed by atoms with Gasteiger partial charge in [0, 0.05) is 26.2 Å². The Balaban J connectivity index is 1.48. The van der Waals surface area contributed by atoms with Gasteiger partial charge in [-0.3, -0.25) is 4.79 Å². The Labute approximate surface area is 171 Å². The predicted octanol–water partition coefficient (Wildman–Crippen LogP) is 2.83. The molecule has 4 rings (SSSR count). The van der Waals surface area contributed by atoms with Crippen LogP contribution in [0.4, 0.5) is 11.5 Å². The van der Waals surface area contributed by atoms with E-state index in [-0.39, 0.29) is 5.91 Å². The number of piperazine rings is 1. The monoisotopic (exact) mass is 390 g/mol. The summed E-state index contributed by atoms with van der Waals surface area (Å²) in [5.41, 5.74) is 3.10. The van der Waals surface area contributed by atoms with E-state index in [1.54, 1.807) is 12.4 Å². The number of para-hydroxylation sites is 1. The van der Waals surface area contributed by atoms with Crippen molar-refractivity contribution in [2.24, 2.45) is 0 Å². The van der Waals surface area contributed by atoms with Crippen LogP contribution >= 0.6 is 0 Å². The number of benzene rings is 1. The number of carbonyl (C=O) groups excluding carboxylic acids is 1. The molecule has 0 saturated carbocycles. The number of hydrogen-bond donors (Lipinski definition) is 1. The van der Waals surface area contributed by atoms with Crippen LogP contribution in [0.2, 0.25) is 0 Å². The van der Waals surface area contributed by atoms with Gasteiger partial charge in [0.25, 0.3) is 5.91 Å². The molecule has 1 fully saturated rings. The maximum Gasteiger partial charge on any atom is 0.259 e. The van der Waals surface area contributed by atoms with Gasteiger partial charge in [-0.25, -0.2) is 9.67 Å². The molecule has 0 bridgehead atoms. The normalized spacial score (nSPS) is 14.8. The first kappa shape index (κ1) is 19.1. The van der Waals surface area contributed by atoms with Crippen LogP contribution < -0.4 is 10.2 Å². The van der Waals surface area contributed by atoms with Gasteiger partial charge in [0.2, 0.25) is 0 Å². The van der Waals surface area contributed by atoms with Crippen LogP contribution in [-0.4, -0.2) is 58.8 Å². The van der Waals surface area contributed by atoms with Crippen molar-refractivity contribution in [3.05, 3.63) is 66.1 Å². The maximum atomic E-state index is 12.9. The molecule has 1 aliphatic heterocycles. The van der Waals surface area contributed by atoms with E-state index in [9.17, 15) is 4.79 Å². The van der Waals surface area contributed by atoms with Gasteiger partial charge in [0.05, 0.1) is 35.0 Å². The number of aromatic nitrogens is 3. The lowest BCUT2D eigenvalue weighted by Crippen LogP contribution is -2.44. The van der Waals surface area contributed by atoms with Gasteiger partial charge < -0.3 is 15.1 Å². The zero-order chi connectivity index (χ0) is 20.2. The number of anilines is 2. The van der Waals surface area contributed by atoms with Crippen molar-refractivity contribution in [1.29, 1.82) is 0 Å². The maximum absolute atomic E-state index is 12.9. The van der Waals surface area contributed by atoms with E-state index in [1.807, 2.05) is 54.1 Å². The lowest BCUT2D eigenvalue weighted by atomic mass is 10.2. The highest BCUT2D eigenvalue weighted by Crippen LogP contribution is 2.19. The molecule has 7 nitrogen and oxygen atoms in total. The lowest BCUT2D eigenvalue weighted by molar-refractivity contribution is 0.102. The number of carbonyl (C=O) groups is 1. The molecule has 1 aromatic carbocycles. The Morgan fingerprint density at radius 1 is 1.03 bits per heavy atom. The summed E-state index contributed by atoms with van der Waals surface area (Å²) in [6.45, 7) is 6.03. The third-order valence-corrected chi connectivity index (χ3v) is 5.28. The van der Waals surface area contributed by atoms with Gasteiger partial charge in [0.15, 0.2) is 0 Å². The molecule has 0 aliphatic carbocycles. The van der Waals surface area contributed by atoms with E-state index in [0.717, 1.165) is 43.4 Å². The summed E-state index contributed by atoms with van der Waals surface area (Å²) in [6, 6.07) is 13.7. The highest BCUT2D eigenvalue weighted by atomic mass is 16.1. The van der Waals surface area contributed by atoms with Gasteiger partial charge in [-0.15, -0.1) is 0 Å². The van der Waals surface area contributed by atoms with Gasteiger partial charge in [-0.05, 0) is 37.7 Å². The summed E-state index contributed by atoms with van der Waals surface area (Å²) in [4.78, 5) is 22.0. The van der Waals surface area contributed by atoms with Crippen molar-refractivity contribution in [1.82, 2.24) is 19.7 Å². The SMILES string of the molecule is CCc1c(C(=O)Nc2ccc(N3CCN(C)CC3)nc2)cnn1-c1ccccc1. The van der Waals surface area contributed by atoms with Gasteiger partial charge in [-0.1, -0.05) is 25.1 Å². The van der Waals surface area contributed by atoms with Crippen LogP contribution in [0.5, 0.6) is 0 Å². The summed E-state index contributed by atoms with van der Waals surface area (Å²) in [7, 11) is 2.13. The molecule has 1 saturated heterocycles. The Kier molecular flexibility index (Phi) is 5.57. The number of likely N-dealkylation sites (N-methyl/N-ethyl adjacent to an activating group) is 1. The molecule has 3 heterocycles. The number of nitrogens with zero attached hydrogens (tertiary/aromatic N) is 5. The molecule has 150 valence electrons. The van der Waals surface area contributed by atoms with E-state index in [0.29, 0.717) is 17.7 Å². The summed E-state index contributed by atoms with van der Waals surface area (Å²) in [5, 5.41) is 7.38. The number of amides is 1. The van der Waals surface area contributed by atoms with Crippen LogP contribution in [0.25, 0.3) is 5.69 Å². The Morgan fingerprint density at radius 3 is 2.45 bits per heavy atom. The van der Waals surface area contributed by atoms with Gasteiger partial charge in [0.1, 0.15) is 5.82 Å².